The molecule has 2 aromatic rings. The Morgan fingerprint density at radius 1 is 1.27 bits per heavy atom. The Hall–Kier alpha value is -2.70. The van der Waals surface area contributed by atoms with E-state index in [1.54, 1.807) is 11.7 Å². The van der Waals surface area contributed by atoms with E-state index in [1.807, 2.05) is 31.2 Å². The van der Waals surface area contributed by atoms with Crippen LogP contribution in [0, 0.1) is 6.92 Å². The minimum absolute atomic E-state index is 0.280. The molecule has 22 heavy (non-hydrogen) atoms. The normalized spacial score (nSPS) is 12.8. The van der Waals surface area contributed by atoms with Gasteiger partial charge in [0, 0.05) is 19.7 Å². The van der Waals surface area contributed by atoms with Gasteiger partial charge in [0.1, 0.15) is 19.0 Å². The highest BCUT2D eigenvalue weighted by Gasteiger charge is 2.12. The second-order valence-corrected chi connectivity index (χ2v) is 5.08. The van der Waals surface area contributed by atoms with Crippen molar-refractivity contribution in [2.45, 2.75) is 13.5 Å². The molecule has 7 nitrogen and oxygen atoms in total. The fourth-order valence-electron chi connectivity index (χ4n) is 2.27. The van der Waals surface area contributed by atoms with Gasteiger partial charge >= 0.3 is 6.03 Å². The molecule has 0 atom stereocenters. The minimum atomic E-state index is -0.280. The van der Waals surface area contributed by atoms with Crippen molar-refractivity contribution in [2.24, 2.45) is 7.05 Å². The van der Waals surface area contributed by atoms with Crippen LogP contribution in [-0.2, 0) is 13.6 Å². The molecule has 0 unspecified atom stereocenters. The van der Waals surface area contributed by atoms with Gasteiger partial charge in [-0.1, -0.05) is 6.07 Å². The van der Waals surface area contributed by atoms with Crippen LogP contribution >= 0.6 is 0 Å². The summed E-state index contributed by atoms with van der Waals surface area (Å²) in [6.07, 6.45) is 0. The number of anilines is 1. The van der Waals surface area contributed by atoms with Crippen molar-refractivity contribution in [2.75, 3.05) is 18.5 Å². The lowest BCUT2D eigenvalue weighted by Gasteiger charge is -2.19. The number of aryl methyl sites for hydroxylation is 2. The Morgan fingerprint density at radius 2 is 2.05 bits per heavy atom. The van der Waals surface area contributed by atoms with Gasteiger partial charge < -0.3 is 14.8 Å². The first kappa shape index (κ1) is 14.2. The Labute approximate surface area is 128 Å². The number of carbonyl (C=O) groups excluding carboxylic acids is 1. The molecular weight excluding hydrogens is 284 g/mol. The maximum Gasteiger partial charge on any atom is 0.320 e. The van der Waals surface area contributed by atoms with Crippen LogP contribution in [0.4, 0.5) is 10.6 Å². The third kappa shape index (κ3) is 3.13. The first-order valence-corrected chi connectivity index (χ1v) is 7.06. The van der Waals surface area contributed by atoms with Crippen molar-refractivity contribution >= 4 is 11.8 Å². The molecule has 7 heteroatoms. The quantitative estimate of drug-likeness (QED) is 0.906. The molecule has 2 heterocycles. The summed E-state index contributed by atoms with van der Waals surface area (Å²) in [4.78, 5) is 11.9. The van der Waals surface area contributed by atoms with Crippen LogP contribution in [0.25, 0.3) is 0 Å². The molecule has 0 aliphatic carbocycles. The van der Waals surface area contributed by atoms with Gasteiger partial charge in [-0.2, -0.15) is 5.10 Å². The van der Waals surface area contributed by atoms with E-state index in [2.05, 4.69) is 15.7 Å². The number of ether oxygens (including phenoxy) is 2. The number of hydrogen-bond donors (Lipinski definition) is 2. The standard InChI is InChI=1S/C15H18N4O3/c1-10-7-14(19(2)18-10)17-15(20)16-9-11-3-4-12-13(8-11)22-6-5-21-12/h3-4,7-8H,5-6,9H2,1-2H3,(H2,16,17,20). The number of nitrogens with zero attached hydrogens (tertiary/aromatic N) is 2. The zero-order valence-electron chi connectivity index (χ0n) is 12.5. The lowest BCUT2D eigenvalue weighted by molar-refractivity contribution is 0.171. The van der Waals surface area contributed by atoms with Crippen LogP contribution in [0.2, 0.25) is 0 Å². The first-order chi connectivity index (χ1) is 10.6. The highest BCUT2D eigenvalue weighted by Crippen LogP contribution is 2.30. The highest BCUT2D eigenvalue weighted by molar-refractivity contribution is 5.88. The molecule has 0 radical (unpaired) electrons. The second kappa shape index (κ2) is 5.97. The van der Waals surface area contributed by atoms with E-state index in [0.29, 0.717) is 31.3 Å². The number of aromatic nitrogens is 2. The molecule has 3 rings (SSSR count). The van der Waals surface area contributed by atoms with Crippen LogP contribution in [0.15, 0.2) is 24.3 Å². The number of rotatable bonds is 3. The molecule has 1 aliphatic heterocycles. The summed E-state index contributed by atoms with van der Waals surface area (Å²) < 4.78 is 12.6. The second-order valence-electron chi connectivity index (χ2n) is 5.08. The van der Waals surface area contributed by atoms with Crippen molar-refractivity contribution in [3.05, 3.63) is 35.5 Å². The summed E-state index contributed by atoms with van der Waals surface area (Å²) in [6, 6.07) is 7.17. The van der Waals surface area contributed by atoms with E-state index in [0.717, 1.165) is 17.0 Å². The third-order valence-corrected chi connectivity index (χ3v) is 3.30. The monoisotopic (exact) mass is 302 g/mol. The van der Waals surface area contributed by atoms with Crippen molar-refractivity contribution in [1.29, 1.82) is 0 Å². The molecular formula is C15H18N4O3. The molecule has 2 N–H and O–H groups in total. The maximum absolute atomic E-state index is 11.9. The van der Waals surface area contributed by atoms with Crippen LogP contribution in [-0.4, -0.2) is 29.0 Å². The highest BCUT2D eigenvalue weighted by atomic mass is 16.6. The molecule has 0 spiro atoms. The summed E-state index contributed by atoms with van der Waals surface area (Å²) in [5.41, 5.74) is 1.80. The number of fused-ring (bicyclic) bond motifs is 1. The Kier molecular flexibility index (Phi) is 3.86. The largest absolute Gasteiger partial charge is 0.486 e. The lowest BCUT2D eigenvalue weighted by atomic mass is 10.2. The van der Waals surface area contributed by atoms with E-state index < -0.39 is 0 Å². The van der Waals surface area contributed by atoms with Gasteiger partial charge in [0.15, 0.2) is 11.5 Å². The number of nitrogens with one attached hydrogen (secondary N) is 2. The van der Waals surface area contributed by atoms with Gasteiger partial charge in [0.2, 0.25) is 0 Å². The van der Waals surface area contributed by atoms with E-state index in [4.69, 9.17) is 9.47 Å². The van der Waals surface area contributed by atoms with E-state index in [9.17, 15) is 4.79 Å². The Morgan fingerprint density at radius 3 is 2.77 bits per heavy atom. The fourth-order valence-corrected chi connectivity index (χ4v) is 2.27. The lowest BCUT2D eigenvalue weighted by Crippen LogP contribution is -2.29. The number of hydrogen-bond acceptors (Lipinski definition) is 4. The first-order valence-electron chi connectivity index (χ1n) is 7.06. The number of amides is 2. The smallest absolute Gasteiger partial charge is 0.320 e. The summed E-state index contributed by atoms with van der Waals surface area (Å²) in [7, 11) is 1.78. The van der Waals surface area contributed by atoms with Crippen molar-refractivity contribution in [3.8, 4) is 11.5 Å². The summed E-state index contributed by atoms with van der Waals surface area (Å²) in [5.74, 6) is 2.11. The van der Waals surface area contributed by atoms with E-state index in [-0.39, 0.29) is 6.03 Å². The molecule has 1 aromatic heterocycles. The Balaban J connectivity index is 1.58. The average Bonchev–Trinajstić information content (AvgIpc) is 2.82. The van der Waals surface area contributed by atoms with Gasteiger partial charge in [-0.05, 0) is 24.6 Å². The van der Waals surface area contributed by atoms with Crippen molar-refractivity contribution < 1.29 is 14.3 Å². The summed E-state index contributed by atoms with van der Waals surface area (Å²) in [5, 5.41) is 9.74. The summed E-state index contributed by atoms with van der Waals surface area (Å²) >= 11 is 0. The molecule has 1 aliphatic rings. The van der Waals surface area contributed by atoms with Crippen LogP contribution in [0.5, 0.6) is 11.5 Å². The average molecular weight is 302 g/mol. The number of urea groups is 1. The maximum atomic E-state index is 11.9. The predicted molar refractivity (Wildman–Crippen MR) is 81.2 cm³/mol. The van der Waals surface area contributed by atoms with Crippen LogP contribution in [0.3, 0.4) is 0 Å². The minimum Gasteiger partial charge on any atom is -0.486 e. The van der Waals surface area contributed by atoms with Crippen molar-refractivity contribution in [3.63, 3.8) is 0 Å². The molecule has 1 aromatic carbocycles. The number of carbonyl (C=O) groups is 1. The van der Waals surface area contributed by atoms with Crippen molar-refractivity contribution in [1.82, 2.24) is 15.1 Å². The van der Waals surface area contributed by atoms with Crippen LogP contribution < -0.4 is 20.1 Å². The van der Waals surface area contributed by atoms with Crippen LogP contribution in [0.1, 0.15) is 11.3 Å². The zero-order valence-corrected chi connectivity index (χ0v) is 12.5. The molecule has 116 valence electrons. The molecule has 0 saturated heterocycles. The molecule has 0 bridgehead atoms. The predicted octanol–water partition coefficient (Wildman–Crippen LogP) is 1.82. The molecule has 0 fully saturated rings. The van der Waals surface area contributed by atoms with Gasteiger partial charge in [0.25, 0.3) is 0 Å². The van der Waals surface area contributed by atoms with Gasteiger partial charge in [-0.3, -0.25) is 10.00 Å². The van der Waals surface area contributed by atoms with Gasteiger partial charge in [-0.15, -0.1) is 0 Å². The molecule has 2 amide bonds. The Bertz CT molecular complexity index is 696. The third-order valence-electron chi connectivity index (χ3n) is 3.30. The molecule has 0 saturated carbocycles. The zero-order chi connectivity index (χ0) is 15.5. The fraction of sp³-hybridized carbons (Fsp3) is 0.333. The summed E-state index contributed by atoms with van der Waals surface area (Å²) in [6.45, 7) is 3.39. The number of benzene rings is 1. The van der Waals surface area contributed by atoms with E-state index >= 15 is 0 Å². The van der Waals surface area contributed by atoms with Gasteiger partial charge in [-0.25, -0.2) is 4.79 Å². The SMILES string of the molecule is Cc1cc(NC(=O)NCc2ccc3c(c2)OCCO3)n(C)n1. The van der Waals surface area contributed by atoms with Gasteiger partial charge in [0.05, 0.1) is 5.69 Å². The topological polar surface area (TPSA) is 77.4 Å². The van der Waals surface area contributed by atoms with E-state index in [1.165, 1.54) is 0 Å².